The normalized spacial score (nSPS) is 22.0. The lowest BCUT2D eigenvalue weighted by Crippen LogP contribution is -2.44. The molecule has 1 fully saturated rings. The molecule has 2 N–H and O–H groups in total. The Morgan fingerprint density at radius 3 is 3.13 bits per heavy atom. The molecule has 7 heteroatoms. The fraction of sp³-hybridized carbons (Fsp3) is 0.500. The predicted molar refractivity (Wildman–Crippen MR) is 89.3 cm³/mol. The highest BCUT2D eigenvalue weighted by molar-refractivity contribution is 7.10. The van der Waals surface area contributed by atoms with Gasteiger partial charge in [0.25, 0.3) is 0 Å². The second-order valence-corrected chi connectivity index (χ2v) is 6.71. The Balaban J connectivity index is 1.60. The van der Waals surface area contributed by atoms with Crippen molar-refractivity contribution in [1.29, 1.82) is 0 Å². The van der Waals surface area contributed by atoms with Gasteiger partial charge in [-0.1, -0.05) is 13.0 Å². The molecule has 2 aromatic heterocycles. The van der Waals surface area contributed by atoms with Crippen LogP contribution < -0.4 is 10.6 Å². The zero-order valence-corrected chi connectivity index (χ0v) is 14.2. The van der Waals surface area contributed by atoms with Crippen molar-refractivity contribution in [3.63, 3.8) is 0 Å². The summed E-state index contributed by atoms with van der Waals surface area (Å²) in [7, 11) is 1.88. The van der Waals surface area contributed by atoms with E-state index < -0.39 is 0 Å². The highest BCUT2D eigenvalue weighted by Gasteiger charge is 2.32. The maximum atomic E-state index is 12.4. The minimum absolute atomic E-state index is 0.0277. The lowest BCUT2D eigenvalue weighted by molar-refractivity contribution is 0.0997. The maximum Gasteiger partial charge on any atom is 0.315 e. The second-order valence-electron chi connectivity index (χ2n) is 5.73. The van der Waals surface area contributed by atoms with E-state index >= 15 is 0 Å². The van der Waals surface area contributed by atoms with Gasteiger partial charge in [-0.3, -0.25) is 4.68 Å². The van der Waals surface area contributed by atoms with E-state index in [1.54, 1.807) is 22.2 Å². The van der Waals surface area contributed by atoms with Crippen molar-refractivity contribution >= 4 is 17.4 Å². The van der Waals surface area contributed by atoms with Crippen molar-refractivity contribution in [2.45, 2.75) is 38.0 Å². The molecule has 1 saturated heterocycles. The fourth-order valence-corrected chi connectivity index (χ4v) is 3.75. The van der Waals surface area contributed by atoms with Crippen molar-refractivity contribution in [3.05, 3.63) is 40.3 Å². The number of carbonyl (C=O) groups excluding carboxylic acids is 1. The number of nitrogens with one attached hydrogen (secondary N) is 2. The molecule has 3 rings (SSSR count). The SMILES string of the molecule is CC[C@H](NC(=O)N[C@H]1CCO[C@@H]1c1cnn(C)c1)c1cccs1. The standard InChI is InChI=1S/C16H22N4O2S/c1-3-12(14-5-4-8-23-14)18-16(21)19-13-6-7-22-15(13)11-9-17-20(2)10-11/h4-5,8-10,12-13,15H,3,6-7H2,1-2H3,(H2,18,19,21)/t12-,13-,15+/m0/s1. The van der Waals surface area contributed by atoms with E-state index in [0.29, 0.717) is 6.61 Å². The lowest BCUT2D eigenvalue weighted by Gasteiger charge is -2.21. The smallest absolute Gasteiger partial charge is 0.315 e. The monoisotopic (exact) mass is 334 g/mol. The van der Waals surface area contributed by atoms with Crippen LogP contribution in [0.15, 0.2) is 29.9 Å². The largest absolute Gasteiger partial charge is 0.371 e. The van der Waals surface area contributed by atoms with Crippen molar-refractivity contribution in [2.75, 3.05) is 6.61 Å². The number of rotatable bonds is 5. The molecule has 124 valence electrons. The first-order chi connectivity index (χ1) is 11.2. The minimum Gasteiger partial charge on any atom is -0.371 e. The van der Waals surface area contributed by atoms with Crippen molar-refractivity contribution < 1.29 is 9.53 Å². The molecule has 0 unspecified atom stereocenters. The van der Waals surface area contributed by atoms with Gasteiger partial charge in [0.2, 0.25) is 0 Å². The number of urea groups is 1. The molecule has 0 aliphatic carbocycles. The van der Waals surface area contributed by atoms with Gasteiger partial charge in [0.1, 0.15) is 6.10 Å². The Bertz CT molecular complexity index is 640. The summed E-state index contributed by atoms with van der Waals surface area (Å²) in [6, 6.07) is 3.94. The summed E-state index contributed by atoms with van der Waals surface area (Å²) in [6.45, 7) is 2.72. The maximum absolute atomic E-state index is 12.4. The van der Waals surface area contributed by atoms with Crippen LogP contribution in [0.4, 0.5) is 4.79 Å². The predicted octanol–water partition coefficient (Wildman–Crippen LogP) is 2.76. The summed E-state index contributed by atoms with van der Waals surface area (Å²) in [5.41, 5.74) is 1.00. The Morgan fingerprint density at radius 1 is 1.61 bits per heavy atom. The number of hydrogen-bond donors (Lipinski definition) is 2. The number of amides is 2. The van der Waals surface area contributed by atoms with Crippen LogP contribution in [0.2, 0.25) is 0 Å². The molecule has 1 aliphatic rings. The minimum atomic E-state index is -0.144. The fourth-order valence-electron chi connectivity index (χ4n) is 2.89. The third-order valence-electron chi connectivity index (χ3n) is 4.06. The highest BCUT2D eigenvalue weighted by Crippen LogP contribution is 2.29. The molecule has 2 aromatic rings. The summed E-state index contributed by atoms with van der Waals surface area (Å²) < 4.78 is 7.52. The second kappa shape index (κ2) is 7.14. The average molecular weight is 334 g/mol. The van der Waals surface area contributed by atoms with E-state index in [4.69, 9.17) is 4.74 Å². The van der Waals surface area contributed by atoms with Crippen LogP contribution in [0, 0.1) is 0 Å². The van der Waals surface area contributed by atoms with Crippen LogP contribution in [0.5, 0.6) is 0 Å². The van der Waals surface area contributed by atoms with Crippen molar-refractivity contribution in [3.8, 4) is 0 Å². The van der Waals surface area contributed by atoms with E-state index in [1.165, 1.54) is 4.88 Å². The van der Waals surface area contributed by atoms with Crippen LogP contribution in [0.25, 0.3) is 0 Å². The number of carbonyl (C=O) groups is 1. The Hall–Kier alpha value is -1.86. The first-order valence-electron chi connectivity index (χ1n) is 7.88. The number of aromatic nitrogens is 2. The number of aryl methyl sites for hydroxylation is 1. The Labute approximate surface area is 139 Å². The Kier molecular flexibility index (Phi) is 4.97. The van der Waals surface area contributed by atoms with Gasteiger partial charge in [-0.05, 0) is 24.3 Å². The van der Waals surface area contributed by atoms with Gasteiger partial charge in [0, 0.05) is 30.3 Å². The van der Waals surface area contributed by atoms with Gasteiger partial charge in [0.05, 0.1) is 18.3 Å². The van der Waals surface area contributed by atoms with Crippen LogP contribution in [-0.2, 0) is 11.8 Å². The highest BCUT2D eigenvalue weighted by atomic mass is 32.1. The molecular weight excluding hydrogens is 312 g/mol. The van der Waals surface area contributed by atoms with Crippen molar-refractivity contribution in [2.24, 2.45) is 7.05 Å². The van der Waals surface area contributed by atoms with Gasteiger partial charge in [-0.15, -0.1) is 11.3 Å². The van der Waals surface area contributed by atoms with E-state index in [9.17, 15) is 4.79 Å². The molecule has 0 bridgehead atoms. The molecule has 3 atom stereocenters. The summed E-state index contributed by atoms with van der Waals surface area (Å²) in [4.78, 5) is 13.5. The summed E-state index contributed by atoms with van der Waals surface area (Å²) in [6.07, 6.45) is 5.27. The van der Waals surface area contributed by atoms with Crippen LogP contribution in [-0.4, -0.2) is 28.5 Å². The molecular formula is C16H22N4O2S. The number of thiophene rings is 1. The van der Waals surface area contributed by atoms with Gasteiger partial charge < -0.3 is 15.4 Å². The topological polar surface area (TPSA) is 68.2 Å². The first-order valence-corrected chi connectivity index (χ1v) is 8.76. The van der Waals surface area contributed by atoms with Crippen LogP contribution >= 0.6 is 11.3 Å². The van der Waals surface area contributed by atoms with E-state index in [0.717, 1.165) is 18.4 Å². The van der Waals surface area contributed by atoms with Gasteiger partial charge >= 0.3 is 6.03 Å². The summed E-state index contributed by atoms with van der Waals surface area (Å²) >= 11 is 1.66. The van der Waals surface area contributed by atoms with E-state index in [-0.39, 0.29) is 24.2 Å². The number of ether oxygens (including phenoxy) is 1. The molecule has 1 aliphatic heterocycles. The van der Waals surface area contributed by atoms with Gasteiger partial charge in [0.15, 0.2) is 0 Å². The van der Waals surface area contributed by atoms with E-state index in [2.05, 4.69) is 28.7 Å². The number of hydrogen-bond acceptors (Lipinski definition) is 4. The average Bonchev–Trinajstić information content (AvgIpc) is 3.25. The molecule has 6 nitrogen and oxygen atoms in total. The summed E-state index contributed by atoms with van der Waals surface area (Å²) in [5.74, 6) is 0. The van der Waals surface area contributed by atoms with Crippen molar-refractivity contribution in [1.82, 2.24) is 20.4 Å². The third kappa shape index (κ3) is 3.73. The van der Waals surface area contributed by atoms with E-state index in [1.807, 2.05) is 24.7 Å². The summed E-state index contributed by atoms with van der Waals surface area (Å²) in [5, 5.41) is 12.3. The van der Waals surface area contributed by atoms with Crippen LogP contribution in [0.3, 0.4) is 0 Å². The van der Waals surface area contributed by atoms with Crippen LogP contribution in [0.1, 0.15) is 42.4 Å². The third-order valence-corrected chi connectivity index (χ3v) is 5.05. The molecule has 0 spiro atoms. The first kappa shape index (κ1) is 16.0. The Morgan fingerprint density at radius 2 is 2.48 bits per heavy atom. The molecule has 0 aromatic carbocycles. The zero-order valence-electron chi connectivity index (χ0n) is 13.4. The van der Waals surface area contributed by atoms with Gasteiger partial charge in [-0.25, -0.2) is 4.79 Å². The molecule has 3 heterocycles. The lowest BCUT2D eigenvalue weighted by atomic mass is 10.1. The molecule has 2 amide bonds. The van der Waals surface area contributed by atoms with Gasteiger partial charge in [-0.2, -0.15) is 5.10 Å². The molecule has 0 saturated carbocycles. The zero-order chi connectivity index (χ0) is 16.2. The molecule has 0 radical (unpaired) electrons. The quantitative estimate of drug-likeness (QED) is 0.883. The molecule has 23 heavy (non-hydrogen) atoms. The number of nitrogens with zero attached hydrogens (tertiary/aromatic N) is 2.